The van der Waals surface area contributed by atoms with Gasteiger partial charge in [-0.05, 0) is 24.1 Å². The summed E-state index contributed by atoms with van der Waals surface area (Å²) in [6.07, 6.45) is 9.35. The van der Waals surface area contributed by atoms with E-state index in [1.54, 1.807) is 18.2 Å². The first-order chi connectivity index (χ1) is 14.1. The summed E-state index contributed by atoms with van der Waals surface area (Å²) in [7, 11) is 0. The van der Waals surface area contributed by atoms with Crippen molar-refractivity contribution in [3.63, 3.8) is 0 Å². The molecule has 7 nitrogen and oxygen atoms in total. The second kappa shape index (κ2) is 11.3. The Morgan fingerprint density at radius 1 is 1.03 bits per heavy atom. The summed E-state index contributed by atoms with van der Waals surface area (Å²) in [6, 6.07) is 4.52. The van der Waals surface area contributed by atoms with Crippen molar-refractivity contribution < 1.29 is 10.0 Å². The highest BCUT2D eigenvalue weighted by atomic mass is 35.5. The van der Waals surface area contributed by atoms with Crippen LogP contribution in [0.3, 0.4) is 0 Å². The van der Waals surface area contributed by atoms with Crippen molar-refractivity contribution >= 4 is 34.9 Å². The van der Waals surface area contributed by atoms with E-state index in [-0.39, 0.29) is 18.1 Å². The minimum atomic E-state index is -0.463. The van der Waals surface area contributed by atoms with Crippen molar-refractivity contribution in [1.82, 2.24) is 21.4 Å². The van der Waals surface area contributed by atoms with Gasteiger partial charge in [0.15, 0.2) is 0 Å². The predicted octanol–water partition coefficient (Wildman–Crippen LogP) is 4.26. The number of halogens is 2. The van der Waals surface area contributed by atoms with Crippen molar-refractivity contribution in [3.8, 4) is 0 Å². The Bertz CT molecular complexity index is 668. The van der Waals surface area contributed by atoms with E-state index in [4.69, 9.17) is 23.2 Å². The number of carbonyl (C=O) groups excluding carboxylic acids is 1. The van der Waals surface area contributed by atoms with Gasteiger partial charge in [0.25, 0.3) is 0 Å². The van der Waals surface area contributed by atoms with Crippen LogP contribution < -0.4 is 26.7 Å². The van der Waals surface area contributed by atoms with Crippen molar-refractivity contribution in [3.05, 3.63) is 28.2 Å². The highest BCUT2D eigenvalue weighted by Crippen LogP contribution is 2.30. The van der Waals surface area contributed by atoms with Crippen LogP contribution in [0.4, 0.5) is 10.5 Å². The molecule has 0 spiro atoms. The van der Waals surface area contributed by atoms with Crippen LogP contribution in [0.5, 0.6) is 0 Å². The Morgan fingerprint density at radius 2 is 1.72 bits per heavy atom. The number of carbonyl (C=O) groups is 1. The van der Waals surface area contributed by atoms with Crippen LogP contribution >= 0.6 is 23.2 Å². The van der Waals surface area contributed by atoms with E-state index in [1.807, 2.05) is 0 Å². The average Bonchev–Trinajstić information content (AvgIpc) is 2.84. The second-order valence-corrected chi connectivity index (χ2v) is 8.78. The molecule has 2 aliphatic rings. The number of urea groups is 1. The van der Waals surface area contributed by atoms with Gasteiger partial charge >= 0.3 is 6.03 Å². The Balaban J connectivity index is 1.52. The molecule has 2 fully saturated rings. The highest BCUT2D eigenvalue weighted by molar-refractivity contribution is 6.42. The zero-order valence-corrected chi connectivity index (χ0v) is 18.0. The molecule has 0 bridgehead atoms. The molecule has 1 heterocycles. The maximum Gasteiger partial charge on any atom is 0.321 e. The largest absolute Gasteiger partial charge is 0.321 e. The average molecular weight is 444 g/mol. The van der Waals surface area contributed by atoms with Gasteiger partial charge in [0.2, 0.25) is 0 Å². The van der Waals surface area contributed by atoms with Crippen LogP contribution in [0.2, 0.25) is 10.0 Å². The van der Waals surface area contributed by atoms with Crippen LogP contribution in [0, 0.1) is 11.8 Å². The summed E-state index contributed by atoms with van der Waals surface area (Å²) in [5, 5.41) is 22.7. The van der Waals surface area contributed by atoms with E-state index in [2.05, 4.69) is 26.7 Å². The van der Waals surface area contributed by atoms with Gasteiger partial charge in [-0.2, -0.15) is 5.48 Å². The van der Waals surface area contributed by atoms with Crippen LogP contribution in [-0.2, 0) is 0 Å². The predicted molar refractivity (Wildman–Crippen MR) is 116 cm³/mol. The van der Waals surface area contributed by atoms with E-state index in [1.165, 1.54) is 51.4 Å². The van der Waals surface area contributed by atoms with Gasteiger partial charge in [-0.3, -0.25) is 10.6 Å². The Hall–Kier alpha value is -1.09. The lowest BCUT2D eigenvalue weighted by atomic mass is 9.81. The zero-order valence-electron chi connectivity index (χ0n) is 16.5. The zero-order chi connectivity index (χ0) is 20.6. The van der Waals surface area contributed by atoms with Gasteiger partial charge in [-0.15, -0.1) is 0 Å². The summed E-state index contributed by atoms with van der Waals surface area (Å²) >= 11 is 11.9. The van der Waals surface area contributed by atoms with E-state index in [0.717, 1.165) is 0 Å². The molecule has 3 unspecified atom stereocenters. The summed E-state index contributed by atoms with van der Waals surface area (Å²) in [5.41, 5.74) is 2.96. The molecule has 6 N–H and O–H groups in total. The lowest BCUT2D eigenvalue weighted by molar-refractivity contribution is 0.0211. The Labute approximate surface area is 182 Å². The molecule has 0 aromatic heterocycles. The van der Waals surface area contributed by atoms with Crippen molar-refractivity contribution in [2.75, 3.05) is 11.9 Å². The molecule has 29 heavy (non-hydrogen) atoms. The van der Waals surface area contributed by atoms with E-state index >= 15 is 0 Å². The number of hydroxylamine groups is 1. The molecule has 1 aromatic rings. The van der Waals surface area contributed by atoms with E-state index < -0.39 is 6.29 Å². The van der Waals surface area contributed by atoms with Crippen molar-refractivity contribution in [2.45, 2.75) is 63.8 Å². The standard InChI is InChI=1S/C20H31Cl2N5O2/c21-16-10-9-14(11-17(16)22)24-20(28)26-19-23-12-15(18(25-19)27-29)13-7-5-3-1-2-4-6-8-13/h9-11,13,15,18-19,23,25,27,29H,1-8,12H2,(H2,24,26,28). The molecule has 1 saturated carbocycles. The monoisotopic (exact) mass is 443 g/mol. The van der Waals surface area contributed by atoms with Crippen LogP contribution in [0.25, 0.3) is 0 Å². The number of nitrogens with one attached hydrogen (secondary N) is 5. The molecule has 9 heteroatoms. The van der Waals surface area contributed by atoms with Gasteiger partial charge in [-0.1, -0.05) is 74.6 Å². The number of amides is 2. The molecule has 1 saturated heterocycles. The lowest BCUT2D eigenvalue weighted by Gasteiger charge is -2.41. The van der Waals surface area contributed by atoms with Gasteiger partial charge < -0.3 is 15.8 Å². The number of hydrogen-bond donors (Lipinski definition) is 6. The first-order valence-electron chi connectivity index (χ1n) is 10.5. The third-order valence-corrected chi connectivity index (χ3v) is 6.67. The third-order valence-electron chi connectivity index (χ3n) is 5.93. The molecule has 3 atom stereocenters. The van der Waals surface area contributed by atoms with Crippen LogP contribution in [0.15, 0.2) is 18.2 Å². The second-order valence-electron chi connectivity index (χ2n) is 7.96. The SMILES string of the molecule is O=C(Nc1ccc(Cl)c(Cl)c1)NC1NCC(C2CCCCCCCC2)C(NO)N1. The summed E-state index contributed by atoms with van der Waals surface area (Å²) in [4.78, 5) is 12.3. The smallest absolute Gasteiger partial charge is 0.315 e. The van der Waals surface area contributed by atoms with Crippen LogP contribution in [-0.4, -0.2) is 30.2 Å². The number of rotatable bonds is 4. The Kier molecular flexibility index (Phi) is 8.84. The molecule has 3 rings (SSSR count). The molecule has 1 aliphatic heterocycles. The third kappa shape index (κ3) is 6.70. The quantitative estimate of drug-likeness (QED) is 0.390. The topological polar surface area (TPSA) is 97.5 Å². The number of anilines is 1. The first kappa shape index (κ1) is 22.6. The first-order valence-corrected chi connectivity index (χ1v) is 11.2. The molecule has 2 amide bonds. The maximum absolute atomic E-state index is 12.3. The fourth-order valence-corrected chi connectivity index (χ4v) is 4.66. The summed E-state index contributed by atoms with van der Waals surface area (Å²) in [5.74, 6) is 0.804. The molecule has 1 aliphatic carbocycles. The molecular weight excluding hydrogens is 413 g/mol. The van der Waals surface area contributed by atoms with Crippen LogP contribution in [0.1, 0.15) is 51.4 Å². The Morgan fingerprint density at radius 3 is 2.38 bits per heavy atom. The van der Waals surface area contributed by atoms with Gasteiger partial charge in [0, 0.05) is 18.2 Å². The maximum atomic E-state index is 12.3. The van der Waals surface area contributed by atoms with Crippen molar-refractivity contribution in [2.24, 2.45) is 11.8 Å². The fraction of sp³-hybridized carbons (Fsp3) is 0.650. The van der Waals surface area contributed by atoms with E-state index in [0.29, 0.717) is 28.2 Å². The normalized spacial score (nSPS) is 26.8. The minimum Gasteiger partial charge on any atom is -0.315 e. The van der Waals surface area contributed by atoms with Crippen molar-refractivity contribution in [1.29, 1.82) is 0 Å². The summed E-state index contributed by atoms with van der Waals surface area (Å²) in [6.45, 7) is 0.716. The lowest BCUT2D eigenvalue weighted by Crippen LogP contribution is -2.69. The molecule has 1 aromatic carbocycles. The van der Waals surface area contributed by atoms with Gasteiger partial charge in [0.1, 0.15) is 6.29 Å². The van der Waals surface area contributed by atoms with E-state index in [9.17, 15) is 10.0 Å². The minimum absolute atomic E-state index is 0.259. The molecule has 162 valence electrons. The molecular formula is C20H31Cl2N5O2. The highest BCUT2D eigenvalue weighted by Gasteiger charge is 2.35. The molecule has 0 radical (unpaired) electrons. The number of hydrogen-bond acceptors (Lipinski definition) is 5. The fourth-order valence-electron chi connectivity index (χ4n) is 4.36. The van der Waals surface area contributed by atoms with Gasteiger partial charge in [-0.25, -0.2) is 4.79 Å². The van der Waals surface area contributed by atoms with Gasteiger partial charge in [0.05, 0.1) is 16.2 Å². The summed E-state index contributed by atoms with van der Waals surface area (Å²) < 4.78 is 0. The number of benzene rings is 1.